The summed E-state index contributed by atoms with van der Waals surface area (Å²) >= 11 is 6.06. The summed E-state index contributed by atoms with van der Waals surface area (Å²) in [6, 6.07) is 12.2. The molecule has 1 amide bonds. The van der Waals surface area contributed by atoms with Gasteiger partial charge in [-0.15, -0.1) is 0 Å². The Morgan fingerprint density at radius 3 is 2.50 bits per heavy atom. The maximum atomic E-state index is 12.4. The minimum absolute atomic E-state index is 0.00983. The first-order valence-corrected chi connectivity index (χ1v) is 7.29. The number of carbonyl (C=O) groups is 1. The van der Waals surface area contributed by atoms with Gasteiger partial charge in [-0.2, -0.15) is 0 Å². The van der Waals surface area contributed by atoms with Crippen molar-refractivity contribution in [2.45, 2.75) is 20.0 Å². The fraction of sp³-hybridized carbons (Fsp3) is 0.235. The van der Waals surface area contributed by atoms with E-state index in [1.165, 1.54) is 0 Å². The van der Waals surface area contributed by atoms with Gasteiger partial charge in [-0.1, -0.05) is 23.7 Å². The Kier molecular flexibility index (Phi) is 5.28. The Morgan fingerprint density at radius 1 is 1.14 bits per heavy atom. The lowest BCUT2D eigenvalue weighted by atomic mass is 10.1. The molecule has 0 saturated heterocycles. The summed E-state index contributed by atoms with van der Waals surface area (Å²) in [4.78, 5) is 12.4. The van der Waals surface area contributed by atoms with Crippen LogP contribution in [0.3, 0.4) is 0 Å². The van der Waals surface area contributed by atoms with Crippen LogP contribution < -0.4 is 14.8 Å². The van der Waals surface area contributed by atoms with E-state index in [2.05, 4.69) is 5.32 Å². The Labute approximate surface area is 135 Å². The first kappa shape index (κ1) is 16.2. The van der Waals surface area contributed by atoms with Crippen molar-refractivity contribution in [3.8, 4) is 11.5 Å². The zero-order valence-electron chi connectivity index (χ0n) is 12.7. The van der Waals surface area contributed by atoms with E-state index < -0.39 is 0 Å². The number of carbonyl (C=O) groups excluding carboxylic acids is 1. The van der Waals surface area contributed by atoms with Crippen LogP contribution in [0.15, 0.2) is 42.5 Å². The minimum Gasteiger partial charge on any atom is -0.495 e. The molecule has 2 aromatic rings. The van der Waals surface area contributed by atoms with Crippen molar-refractivity contribution in [3.05, 3.63) is 53.1 Å². The minimum atomic E-state index is -0.252. The SMILES string of the molecule is COc1ccc(NC(=O)c2ccccc2OC(C)C)cc1Cl. The molecule has 0 aliphatic rings. The zero-order chi connectivity index (χ0) is 16.1. The Hall–Kier alpha value is -2.20. The van der Waals surface area contributed by atoms with Gasteiger partial charge in [0.1, 0.15) is 11.5 Å². The van der Waals surface area contributed by atoms with Crippen molar-refractivity contribution < 1.29 is 14.3 Å². The number of ether oxygens (including phenoxy) is 2. The predicted molar refractivity (Wildman–Crippen MR) is 88.2 cm³/mol. The Morgan fingerprint density at radius 2 is 1.86 bits per heavy atom. The van der Waals surface area contributed by atoms with Crippen LogP contribution in [0.4, 0.5) is 5.69 Å². The van der Waals surface area contributed by atoms with E-state index in [0.717, 1.165) is 0 Å². The maximum Gasteiger partial charge on any atom is 0.259 e. The summed E-state index contributed by atoms with van der Waals surface area (Å²) in [5.74, 6) is 0.857. The number of halogens is 1. The molecule has 116 valence electrons. The number of nitrogens with one attached hydrogen (secondary N) is 1. The molecule has 0 bridgehead atoms. The van der Waals surface area contributed by atoms with Crippen LogP contribution in [0.5, 0.6) is 11.5 Å². The van der Waals surface area contributed by atoms with Crippen molar-refractivity contribution in [2.75, 3.05) is 12.4 Å². The van der Waals surface area contributed by atoms with Crippen LogP contribution in [-0.4, -0.2) is 19.1 Å². The van der Waals surface area contributed by atoms with Crippen LogP contribution in [-0.2, 0) is 0 Å². The van der Waals surface area contributed by atoms with E-state index in [-0.39, 0.29) is 12.0 Å². The highest BCUT2D eigenvalue weighted by molar-refractivity contribution is 6.32. The Balaban J connectivity index is 2.21. The van der Waals surface area contributed by atoms with Gasteiger partial charge in [0.15, 0.2) is 0 Å². The molecule has 0 aliphatic heterocycles. The fourth-order valence-corrected chi connectivity index (χ4v) is 2.21. The molecule has 4 nitrogen and oxygen atoms in total. The highest BCUT2D eigenvalue weighted by atomic mass is 35.5. The summed E-state index contributed by atoms with van der Waals surface area (Å²) < 4.78 is 10.7. The number of para-hydroxylation sites is 1. The van der Waals surface area contributed by atoms with E-state index in [1.54, 1.807) is 43.5 Å². The molecule has 0 heterocycles. The van der Waals surface area contributed by atoms with E-state index >= 15 is 0 Å². The van der Waals surface area contributed by atoms with Gasteiger partial charge in [-0.3, -0.25) is 4.79 Å². The van der Waals surface area contributed by atoms with Gasteiger partial charge >= 0.3 is 0 Å². The van der Waals surface area contributed by atoms with E-state index in [0.29, 0.717) is 27.8 Å². The van der Waals surface area contributed by atoms with Gasteiger partial charge in [0.25, 0.3) is 5.91 Å². The second-order valence-corrected chi connectivity index (χ2v) is 5.37. The third-order valence-corrected chi connectivity index (χ3v) is 3.20. The van der Waals surface area contributed by atoms with Crippen molar-refractivity contribution >= 4 is 23.2 Å². The molecule has 0 radical (unpaired) electrons. The van der Waals surface area contributed by atoms with Crippen LogP contribution >= 0.6 is 11.6 Å². The molecule has 1 N–H and O–H groups in total. The quantitative estimate of drug-likeness (QED) is 0.889. The van der Waals surface area contributed by atoms with E-state index in [4.69, 9.17) is 21.1 Å². The second-order valence-electron chi connectivity index (χ2n) is 4.97. The van der Waals surface area contributed by atoms with Gasteiger partial charge in [-0.25, -0.2) is 0 Å². The molecule has 22 heavy (non-hydrogen) atoms. The third-order valence-electron chi connectivity index (χ3n) is 2.90. The van der Waals surface area contributed by atoms with Crippen molar-refractivity contribution in [2.24, 2.45) is 0 Å². The van der Waals surface area contributed by atoms with Crippen LogP contribution in [0.2, 0.25) is 5.02 Å². The summed E-state index contributed by atoms with van der Waals surface area (Å²) in [6.07, 6.45) is -0.00983. The molecule has 2 aromatic carbocycles. The molecule has 2 rings (SSSR count). The fourth-order valence-electron chi connectivity index (χ4n) is 1.95. The third kappa shape index (κ3) is 3.92. The number of hydrogen-bond donors (Lipinski definition) is 1. The molecule has 0 fully saturated rings. The smallest absolute Gasteiger partial charge is 0.259 e. The predicted octanol–water partition coefficient (Wildman–Crippen LogP) is 4.39. The number of benzene rings is 2. The zero-order valence-corrected chi connectivity index (χ0v) is 13.5. The number of hydrogen-bond acceptors (Lipinski definition) is 3. The lowest BCUT2D eigenvalue weighted by Crippen LogP contribution is -2.15. The van der Waals surface area contributed by atoms with Crippen LogP contribution in [0.1, 0.15) is 24.2 Å². The normalized spacial score (nSPS) is 10.4. The monoisotopic (exact) mass is 319 g/mol. The molecular formula is C17H18ClNO3. The second kappa shape index (κ2) is 7.18. The highest BCUT2D eigenvalue weighted by Gasteiger charge is 2.14. The average molecular weight is 320 g/mol. The van der Waals surface area contributed by atoms with E-state index in [1.807, 2.05) is 19.9 Å². The molecule has 0 unspecified atom stereocenters. The average Bonchev–Trinajstić information content (AvgIpc) is 2.47. The number of rotatable bonds is 5. The van der Waals surface area contributed by atoms with Crippen molar-refractivity contribution in [3.63, 3.8) is 0 Å². The largest absolute Gasteiger partial charge is 0.495 e. The number of methoxy groups -OCH3 is 1. The molecular weight excluding hydrogens is 302 g/mol. The summed E-state index contributed by atoms with van der Waals surface area (Å²) in [7, 11) is 1.54. The first-order chi connectivity index (χ1) is 10.5. The maximum absolute atomic E-state index is 12.4. The molecule has 5 heteroatoms. The van der Waals surface area contributed by atoms with Gasteiger partial charge in [0, 0.05) is 5.69 Å². The number of anilines is 1. The molecule has 0 aromatic heterocycles. The summed E-state index contributed by atoms with van der Waals surface area (Å²) in [5.41, 5.74) is 1.07. The topological polar surface area (TPSA) is 47.6 Å². The van der Waals surface area contributed by atoms with Crippen LogP contribution in [0.25, 0.3) is 0 Å². The van der Waals surface area contributed by atoms with Crippen LogP contribution in [0, 0.1) is 0 Å². The lowest BCUT2D eigenvalue weighted by Gasteiger charge is -2.14. The Bertz CT molecular complexity index is 671. The standard InChI is InChI=1S/C17H18ClNO3/c1-11(2)22-15-7-5-4-6-13(15)17(20)19-12-8-9-16(21-3)14(18)10-12/h4-11H,1-3H3,(H,19,20). The first-order valence-electron chi connectivity index (χ1n) is 6.92. The van der Waals surface area contributed by atoms with Gasteiger partial charge in [0.2, 0.25) is 0 Å². The number of amides is 1. The molecule has 0 aliphatic carbocycles. The molecule has 0 saturated carbocycles. The van der Waals surface area contributed by atoms with Gasteiger partial charge in [-0.05, 0) is 44.2 Å². The molecule has 0 spiro atoms. The lowest BCUT2D eigenvalue weighted by molar-refractivity contribution is 0.102. The molecule has 0 atom stereocenters. The van der Waals surface area contributed by atoms with Gasteiger partial charge < -0.3 is 14.8 Å². The van der Waals surface area contributed by atoms with Gasteiger partial charge in [0.05, 0.1) is 23.8 Å². The van der Waals surface area contributed by atoms with Crippen molar-refractivity contribution in [1.82, 2.24) is 0 Å². The van der Waals surface area contributed by atoms with Crippen molar-refractivity contribution in [1.29, 1.82) is 0 Å². The summed E-state index contributed by atoms with van der Waals surface area (Å²) in [5, 5.41) is 3.24. The highest BCUT2D eigenvalue weighted by Crippen LogP contribution is 2.28. The summed E-state index contributed by atoms with van der Waals surface area (Å²) in [6.45, 7) is 3.83. The van der Waals surface area contributed by atoms with E-state index in [9.17, 15) is 4.79 Å².